The Morgan fingerprint density at radius 2 is 1.88 bits per heavy atom. The Hall–Kier alpha value is -1.98. The molecule has 0 atom stereocenters. The third-order valence-corrected chi connectivity index (χ3v) is 4.47. The van der Waals surface area contributed by atoms with Gasteiger partial charge >= 0.3 is 0 Å². The predicted molar refractivity (Wildman–Crippen MR) is 100 cm³/mol. The fourth-order valence-corrected chi connectivity index (χ4v) is 3.18. The maximum atomic E-state index is 12.0. The first-order chi connectivity index (χ1) is 11.6. The molecule has 2 aromatic rings. The van der Waals surface area contributed by atoms with Gasteiger partial charge in [-0.2, -0.15) is 11.8 Å². The van der Waals surface area contributed by atoms with Gasteiger partial charge in [0.05, 0.1) is 5.56 Å². The lowest BCUT2D eigenvalue weighted by atomic mass is 10.1. The van der Waals surface area contributed by atoms with Crippen molar-refractivity contribution >= 4 is 17.7 Å². The largest absolute Gasteiger partial charge is 0.507 e. The second-order valence-corrected chi connectivity index (χ2v) is 6.99. The van der Waals surface area contributed by atoms with Crippen LogP contribution in [0.5, 0.6) is 5.75 Å². The van der Waals surface area contributed by atoms with Gasteiger partial charge in [0, 0.05) is 24.6 Å². The van der Waals surface area contributed by atoms with E-state index in [1.54, 1.807) is 30.0 Å². The number of amides is 1. The minimum absolute atomic E-state index is 0.0142. The minimum Gasteiger partial charge on any atom is -0.507 e. The Labute approximate surface area is 147 Å². The highest BCUT2D eigenvalue weighted by molar-refractivity contribution is 7.98. The van der Waals surface area contributed by atoms with Gasteiger partial charge in [-0.15, -0.1) is 0 Å². The number of aromatic hydroxyl groups is 1. The molecule has 2 rings (SSSR count). The first-order valence-corrected chi connectivity index (χ1v) is 9.08. The zero-order chi connectivity index (χ0) is 17.4. The van der Waals surface area contributed by atoms with Crippen LogP contribution < -0.4 is 5.32 Å². The molecule has 4 nitrogen and oxygen atoms in total. The SMILES string of the molecule is CN(C)Cc1cccc(CSCCNC(=O)c2ccccc2O)c1. The molecule has 0 aliphatic carbocycles. The number of nitrogens with zero attached hydrogens (tertiary/aromatic N) is 1. The highest BCUT2D eigenvalue weighted by Crippen LogP contribution is 2.16. The van der Waals surface area contributed by atoms with Crippen LogP contribution in [0.1, 0.15) is 21.5 Å². The number of benzene rings is 2. The molecule has 24 heavy (non-hydrogen) atoms. The highest BCUT2D eigenvalue weighted by atomic mass is 32.2. The van der Waals surface area contributed by atoms with E-state index in [0.717, 1.165) is 18.1 Å². The van der Waals surface area contributed by atoms with E-state index in [-0.39, 0.29) is 11.7 Å². The summed E-state index contributed by atoms with van der Waals surface area (Å²) >= 11 is 1.78. The molecule has 0 fully saturated rings. The van der Waals surface area contributed by atoms with Gasteiger partial charge in [0.1, 0.15) is 5.75 Å². The van der Waals surface area contributed by atoms with Gasteiger partial charge in [0.25, 0.3) is 5.91 Å². The molecule has 0 radical (unpaired) electrons. The average Bonchev–Trinajstić information content (AvgIpc) is 2.54. The summed E-state index contributed by atoms with van der Waals surface area (Å²) in [5.74, 6) is 1.53. The zero-order valence-corrected chi connectivity index (χ0v) is 15.0. The number of carbonyl (C=O) groups is 1. The molecule has 0 saturated carbocycles. The van der Waals surface area contributed by atoms with Gasteiger partial charge in [-0.1, -0.05) is 36.4 Å². The van der Waals surface area contributed by atoms with E-state index in [1.807, 2.05) is 0 Å². The summed E-state index contributed by atoms with van der Waals surface area (Å²) < 4.78 is 0. The molecule has 1 amide bonds. The Morgan fingerprint density at radius 1 is 1.12 bits per heavy atom. The third-order valence-electron chi connectivity index (χ3n) is 3.44. The second-order valence-electron chi connectivity index (χ2n) is 5.88. The number of rotatable bonds is 8. The van der Waals surface area contributed by atoms with Crippen LogP contribution in [-0.4, -0.2) is 42.3 Å². The van der Waals surface area contributed by atoms with Crippen LogP contribution in [0.25, 0.3) is 0 Å². The Kier molecular flexibility index (Phi) is 7.15. The monoisotopic (exact) mass is 344 g/mol. The van der Waals surface area contributed by atoms with E-state index >= 15 is 0 Å². The number of carbonyl (C=O) groups excluding carboxylic acids is 1. The van der Waals surface area contributed by atoms with E-state index in [2.05, 4.69) is 48.6 Å². The highest BCUT2D eigenvalue weighted by Gasteiger charge is 2.08. The maximum Gasteiger partial charge on any atom is 0.255 e. The average molecular weight is 344 g/mol. The number of hydrogen-bond acceptors (Lipinski definition) is 4. The zero-order valence-electron chi connectivity index (χ0n) is 14.2. The van der Waals surface area contributed by atoms with Gasteiger partial charge in [-0.05, 0) is 37.4 Å². The van der Waals surface area contributed by atoms with Crippen molar-refractivity contribution in [1.29, 1.82) is 0 Å². The van der Waals surface area contributed by atoms with Crippen LogP contribution in [0.4, 0.5) is 0 Å². The molecular weight excluding hydrogens is 320 g/mol. The van der Waals surface area contributed by atoms with Crippen LogP contribution in [-0.2, 0) is 12.3 Å². The summed E-state index contributed by atoms with van der Waals surface area (Å²) in [5.41, 5.74) is 2.93. The van der Waals surface area contributed by atoms with Crippen LogP contribution in [0.15, 0.2) is 48.5 Å². The van der Waals surface area contributed by atoms with Crippen molar-refractivity contribution in [3.63, 3.8) is 0 Å². The number of phenolic OH excluding ortho intramolecular Hbond substituents is 1. The smallest absolute Gasteiger partial charge is 0.255 e. The number of para-hydroxylation sites is 1. The van der Waals surface area contributed by atoms with E-state index in [0.29, 0.717) is 12.1 Å². The minimum atomic E-state index is -0.235. The molecule has 2 N–H and O–H groups in total. The summed E-state index contributed by atoms with van der Waals surface area (Å²) in [5, 5.41) is 12.5. The van der Waals surface area contributed by atoms with E-state index in [9.17, 15) is 9.90 Å². The molecule has 0 aliphatic heterocycles. The lowest BCUT2D eigenvalue weighted by Crippen LogP contribution is -2.25. The Bertz CT molecular complexity index is 674. The van der Waals surface area contributed by atoms with Crippen LogP contribution >= 0.6 is 11.8 Å². The third kappa shape index (κ3) is 5.91. The fourth-order valence-electron chi connectivity index (χ4n) is 2.37. The van der Waals surface area contributed by atoms with Crippen molar-refractivity contribution in [1.82, 2.24) is 10.2 Å². The summed E-state index contributed by atoms with van der Waals surface area (Å²) in [6.07, 6.45) is 0. The summed E-state index contributed by atoms with van der Waals surface area (Å²) in [6.45, 7) is 1.52. The van der Waals surface area contributed by atoms with Gasteiger partial charge in [0.15, 0.2) is 0 Å². The predicted octanol–water partition coefficient (Wildman–Crippen LogP) is 3.12. The van der Waals surface area contributed by atoms with E-state index in [4.69, 9.17) is 0 Å². The topological polar surface area (TPSA) is 52.6 Å². The molecule has 0 spiro atoms. The summed E-state index contributed by atoms with van der Waals surface area (Å²) in [6, 6.07) is 15.2. The lowest BCUT2D eigenvalue weighted by molar-refractivity contribution is 0.0953. The first-order valence-electron chi connectivity index (χ1n) is 7.93. The molecule has 5 heteroatoms. The Balaban J connectivity index is 1.72. The Morgan fingerprint density at radius 3 is 2.62 bits per heavy atom. The van der Waals surface area contributed by atoms with Crippen molar-refractivity contribution in [2.75, 3.05) is 26.4 Å². The van der Waals surface area contributed by atoms with Gasteiger partial charge < -0.3 is 15.3 Å². The summed E-state index contributed by atoms with van der Waals surface area (Å²) in [7, 11) is 4.13. The van der Waals surface area contributed by atoms with Gasteiger partial charge in [-0.3, -0.25) is 4.79 Å². The van der Waals surface area contributed by atoms with Crippen molar-refractivity contribution < 1.29 is 9.90 Å². The number of phenols is 1. The van der Waals surface area contributed by atoms with Gasteiger partial charge in [0.2, 0.25) is 0 Å². The maximum absolute atomic E-state index is 12.0. The first kappa shape index (κ1) is 18.4. The molecule has 0 unspecified atom stereocenters. The quantitative estimate of drug-likeness (QED) is 0.723. The fraction of sp³-hybridized carbons (Fsp3) is 0.316. The molecular formula is C19H24N2O2S. The second kappa shape index (κ2) is 9.35. The molecule has 0 saturated heterocycles. The van der Waals surface area contributed by atoms with Crippen molar-refractivity contribution in [2.24, 2.45) is 0 Å². The van der Waals surface area contributed by atoms with Crippen LogP contribution in [0.2, 0.25) is 0 Å². The van der Waals surface area contributed by atoms with Gasteiger partial charge in [-0.25, -0.2) is 0 Å². The van der Waals surface area contributed by atoms with Crippen LogP contribution in [0.3, 0.4) is 0 Å². The standard InChI is InChI=1S/C19H24N2O2S/c1-21(2)13-15-6-5-7-16(12-15)14-24-11-10-20-19(23)17-8-3-4-9-18(17)22/h3-9,12,22H,10-11,13-14H2,1-2H3,(H,20,23). The molecule has 0 aliphatic rings. The normalized spacial score (nSPS) is 10.8. The summed E-state index contributed by atoms with van der Waals surface area (Å²) in [4.78, 5) is 14.1. The number of thioether (sulfide) groups is 1. The number of nitrogens with one attached hydrogen (secondary N) is 1. The van der Waals surface area contributed by atoms with Crippen molar-refractivity contribution in [3.8, 4) is 5.75 Å². The molecule has 0 aromatic heterocycles. The van der Waals surface area contributed by atoms with Crippen LogP contribution in [0, 0.1) is 0 Å². The molecule has 0 heterocycles. The van der Waals surface area contributed by atoms with E-state index in [1.165, 1.54) is 17.2 Å². The lowest BCUT2D eigenvalue weighted by Gasteiger charge is -2.11. The van der Waals surface area contributed by atoms with Crippen molar-refractivity contribution in [2.45, 2.75) is 12.3 Å². The molecule has 128 valence electrons. The van der Waals surface area contributed by atoms with E-state index < -0.39 is 0 Å². The molecule has 2 aromatic carbocycles. The van der Waals surface area contributed by atoms with Crippen molar-refractivity contribution in [3.05, 3.63) is 65.2 Å². The molecule has 0 bridgehead atoms. The number of hydrogen-bond donors (Lipinski definition) is 2.